The molecular weight excluding hydrogens is 275 g/mol. The highest BCUT2D eigenvalue weighted by Crippen LogP contribution is 2.19. The van der Waals surface area contributed by atoms with Crippen molar-refractivity contribution in [2.45, 2.75) is 6.92 Å². The van der Waals surface area contributed by atoms with Gasteiger partial charge in [0.1, 0.15) is 17.2 Å². The molecule has 94 valence electrons. The van der Waals surface area contributed by atoms with Gasteiger partial charge >= 0.3 is 0 Å². The van der Waals surface area contributed by atoms with Crippen LogP contribution in [0.4, 0.5) is 5.69 Å². The highest BCUT2D eigenvalue weighted by Gasteiger charge is 2.05. The van der Waals surface area contributed by atoms with E-state index in [-0.39, 0.29) is 0 Å². The molecule has 0 unspecified atom stereocenters. The highest BCUT2D eigenvalue weighted by molar-refractivity contribution is 6.32. The van der Waals surface area contributed by atoms with E-state index >= 15 is 0 Å². The van der Waals surface area contributed by atoms with E-state index in [1.54, 1.807) is 26.2 Å². The van der Waals surface area contributed by atoms with Crippen LogP contribution in [0.15, 0.2) is 23.7 Å². The van der Waals surface area contributed by atoms with Crippen molar-refractivity contribution >= 4 is 34.6 Å². The first-order valence-corrected chi connectivity index (χ1v) is 5.79. The van der Waals surface area contributed by atoms with Crippen molar-refractivity contribution in [3.8, 4) is 0 Å². The minimum atomic E-state index is 0.369. The maximum atomic E-state index is 5.99. The number of aromatic nitrogens is 4. The molecule has 0 aromatic carbocycles. The van der Waals surface area contributed by atoms with Crippen LogP contribution in [0.3, 0.4) is 0 Å². The molecule has 2 aromatic rings. The first-order valence-electron chi connectivity index (χ1n) is 5.03. The highest BCUT2D eigenvalue weighted by atomic mass is 35.5. The quantitative estimate of drug-likeness (QED) is 0.534. The molecule has 0 radical (unpaired) electrons. The maximum Gasteiger partial charge on any atom is 0.151 e. The van der Waals surface area contributed by atoms with Crippen LogP contribution in [0.25, 0.3) is 0 Å². The van der Waals surface area contributed by atoms with Gasteiger partial charge in [0.25, 0.3) is 0 Å². The maximum absolute atomic E-state index is 5.99. The Morgan fingerprint density at radius 3 is 2.78 bits per heavy atom. The smallest absolute Gasteiger partial charge is 0.151 e. The monoisotopic (exact) mass is 284 g/mol. The Hall–Kier alpha value is -1.66. The number of aryl methyl sites for hydroxylation is 1. The zero-order valence-corrected chi connectivity index (χ0v) is 11.2. The summed E-state index contributed by atoms with van der Waals surface area (Å²) >= 11 is 11.8. The van der Waals surface area contributed by atoms with E-state index in [4.69, 9.17) is 23.2 Å². The number of hydrogen-bond acceptors (Lipinski definition) is 5. The molecule has 8 heteroatoms. The van der Waals surface area contributed by atoms with E-state index in [2.05, 4.69) is 25.6 Å². The predicted octanol–water partition coefficient (Wildman–Crippen LogP) is 2.35. The van der Waals surface area contributed by atoms with Crippen LogP contribution in [0.5, 0.6) is 0 Å². The molecule has 0 aliphatic rings. The third-order valence-corrected chi connectivity index (χ3v) is 2.87. The average Bonchev–Trinajstić information content (AvgIpc) is 2.67. The van der Waals surface area contributed by atoms with Crippen LogP contribution in [-0.2, 0) is 7.05 Å². The number of hydrazone groups is 1. The largest absolute Gasteiger partial charge is 0.273 e. The molecule has 0 bridgehead atoms. The van der Waals surface area contributed by atoms with Crippen molar-refractivity contribution in [1.29, 1.82) is 0 Å². The summed E-state index contributed by atoms with van der Waals surface area (Å²) in [4.78, 5) is 7.86. The predicted molar refractivity (Wildman–Crippen MR) is 71.1 cm³/mol. The van der Waals surface area contributed by atoms with Gasteiger partial charge in [0, 0.05) is 13.1 Å². The zero-order chi connectivity index (χ0) is 13.1. The lowest BCUT2D eigenvalue weighted by Gasteiger charge is -2.01. The Labute approximate surface area is 114 Å². The van der Waals surface area contributed by atoms with Gasteiger partial charge < -0.3 is 0 Å². The van der Waals surface area contributed by atoms with Gasteiger partial charge in [-0.2, -0.15) is 10.2 Å². The second-order valence-electron chi connectivity index (χ2n) is 3.51. The Bertz CT molecular complexity index is 592. The van der Waals surface area contributed by atoms with Gasteiger partial charge in [0.2, 0.25) is 0 Å². The summed E-state index contributed by atoms with van der Waals surface area (Å²) in [6.45, 7) is 1.80. The lowest BCUT2D eigenvalue weighted by atomic mass is 10.3. The summed E-state index contributed by atoms with van der Waals surface area (Å²) in [6.07, 6.45) is 2.97. The van der Waals surface area contributed by atoms with Gasteiger partial charge in [-0.1, -0.05) is 23.2 Å². The first kappa shape index (κ1) is 12.8. The molecule has 2 rings (SSSR count). The van der Waals surface area contributed by atoms with Gasteiger partial charge in [-0.3, -0.25) is 10.1 Å². The fraction of sp³-hybridized carbons (Fsp3) is 0.200. The van der Waals surface area contributed by atoms with Crippen molar-refractivity contribution in [2.75, 3.05) is 5.43 Å². The van der Waals surface area contributed by atoms with Crippen molar-refractivity contribution in [2.24, 2.45) is 12.1 Å². The van der Waals surface area contributed by atoms with E-state index in [0.29, 0.717) is 27.4 Å². The van der Waals surface area contributed by atoms with Gasteiger partial charge in [-0.05, 0) is 6.92 Å². The molecular formula is C10H10Cl2N6. The van der Waals surface area contributed by atoms with Gasteiger partial charge in [-0.25, -0.2) is 9.97 Å². The number of nitrogens with one attached hydrogen (secondary N) is 1. The fourth-order valence-corrected chi connectivity index (χ4v) is 1.51. The van der Waals surface area contributed by atoms with Crippen molar-refractivity contribution < 1.29 is 0 Å². The normalized spacial score (nSPS) is 11.7. The van der Waals surface area contributed by atoms with Gasteiger partial charge in [0.05, 0.1) is 17.6 Å². The SMILES string of the molecule is CC(=NNc1cnn(C)c1Cl)c1cc(Cl)ncn1. The van der Waals surface area contributed by atoms with E-state index in [1.807, 2.05) is 0 Å². The number of anilines is 1. The molecule has 0 aliphatic carbocycles. The molecule has 0 saturated heterocycles. The number of nitrogens with zero attached hydrogens (tertiary/aromatic N) is 5. The fourth-order valence-electron chi connectivity index (χ4n) is 1.23. The number of hydrogen-bond donors (Lipinski definition) is 1. The molecule has 2 heterocycles. The molecule has 0 fully saturated rings. The first-order chi connectivity index (χ1) is 8.58. The Morgan fingerprint density at radius 2 is 2.17 bits per heavy atom. The Kier molecular flexibility index (Phi) is 3.78. The van der Waals surface area contributed by atoms with Crippen molar-refractivity contribution in [1.82, 2.24) is 19.7 Å². The Balaban J connectivity index is 2.17. The molecule has 0 saturated carbocycles. The summed E-state index contributed by atoms with van der Waals surface area (Å²) in [5.41, 5.74) is 4.75. The topological polar surface area (TPSA) is 68.0 Å². The second-order valence-corrected chi connectivity index (χ2v) is 4.25. The summed E-state index contributed by atoms with van der Waals surface area (Å²) in [5, 5.41) is 9.00. The van der Waals surface area contributed by atoms with Crippen LogP contribution in [0, 0.1) is 0 Å². The summed E-state index contributed by atoms with van der Waals surface area (Å²) in [6, 6.07) is 1.63. The molecule has 6 nitrogen and oxygen atoms in total. The second kappa shape index (κ2) is 5.32. The van der Waals surface area contributed by atoms with Crippen LogP contribution < -0.4 is 5.43 Å². The minimum Gasteiger partial charge on any atom is -0.273 e. The third-order valence-electron chi connectivity index (χ3n) is 2.21. The van der Waals surface area contributed by atoms with Crippen LogP contribution in [0.1, 0.15) is 12.6 Å². The van der Waals surface area contributed by atoms with E-state index in [0.717, 1.165) is 0 Å². The van der Waals surface area contributed by atoms with Gasteiger partial charge in [-0.15, -0.1) is 0 Å². The third kappa shape index (κ3) is 2.77. The van der Waals surface area contributed by atoms with E-state index in [1.165, 1.54) is 11.0 Å². The van der Waals surface area contributed by atoms with Crippen LogP contribution in [0.2, 0.25) is 10.3 Å². The molecule has 0 amide bonds. The number of rotatable bonds is 3. The Morgan fingerprint density at radius 1 is 1.39 bits per heavy atom. The van der Waals surface area contributed by atoms with Crippen LogP contribution >= 0.6 is 23.2 Å². The van der Waals surface area contributed by atoms with Gasteiger partial charge in [0.15, 0.2) is 5.15 Å². The molecule has 1 N–H and O–H groups in total. The van der Waals surface area contributed by atoms with Crippen molar-refractivity contribution in [3.63, 3.8) is 0 Å². The molecule has 0 aliphatic heterocycles. The van der Waals surface area contributed by atoms with E-state index in [9.17, 15) is 0 Å². The van der Waals surface area contributed by atoms with E-state index < -0.39 is 0 Å². The minimum absolute atomic E-state index is 0.369. The summed E-state index contributed by atoms with van der Waals surface area (Å²) in [7, 11) is 1.74. The lowest BCUT2D eigenvalue weighted by molar-refractivity contribution is 0.769. The molecule has 18 heavy (non-hydrogen) atoms. The lowest BCUT2D eigenvalue weighted by Crippen LogP contribution is -2.02. The van der Waals surface area contributed by atoms with Crippen LogP contribution in [-0.4, -0.2) is 25.5 Å². The average molecular weight is 285 g/mol. The molecule has 2 aromatic heterocycles. The summed E-state index contributed by atoms with van der Waals surface area (Å²) in [5.74, 6) is 0. The zero-order valence-electron chi connectivity index (χ0n) is 9.72. The van der Waals surface area contributed by atoms with Crippen molar-refractivity contribution in [3.05, 3.63) is 34.6 Å². The molecule has 0 spiro atoms. The standard InChI is InChI=1S/C10H10Cl2N6/c1-6(7-3-9(11)14-5-13-7)16-17-8-4-15-18(2)10(8)12/h3-5,17H,1-2H3. The summed E-state index contributed by atoms with van der Waals surface area (Å²) < 4.78 is 1.54. The molecule has 0 atom stereocenters. The number of halogens is 2.